The average Bonchev–Trinajstić information content (AvgIpc) is 3.09. The van der Waals surface area contributed by atoms with Crippen molar-refractivity contribution >= 4 is 8.32 Å². The summed E-state index contributed by atoms with van der Waals surface area (Å²) in [5, 5.41) is 10.9. The molecular weight excluding hydrogens is 440 g/mol. The molecule has 3 atom stereocenters. The Morgan fingerprint density at radius 2 is 1.53 bits per heavy atom. The second kappa shape index (κ2) is 15.8. The molecule has 0 aromatic carbocycles. The molecule has 0 unspecified atom stereocenters. The minimum Gasteiger partial charge on any atom is -0.411 e. The van der Waals surface area contributed by atoms with E-state index in [0.29, 0.717) is 19.4 Å². The summed E-state index contributed by atoms with van der Waals surface area (Å²) in [7, 11) is -1.99. The lowest BCUT2D eigenvalue weighted by Gasteiger charge is -2.41. The summed E-state index contributed by atoms with van der Waals surface area (Å²) in [5.74, 6) is -0.584. The quantitative estimate of drug-likeness (QED) is 0.117. The van der Waals surface area contributed by atoms with E-state index < -0.39 is 20.2 Å². The van der Waals surface area contributed by atoms with Gasteiger partial charge in [-0.05, 0) is 51.2 Å². The van der Waals surface area contributed by atoms with Gasteiger partial charge in [0.15, 0.2) is 14.1 Å². The Kier molecular flexibility index (Phi) is 14.8. The van der Waals surface area contributed by atoms with E-state index in [1.807, 2.05) is 13.8 Å². The Morgan fingerprint density at radius 3 is 2.03 bits per heavy atom. The number of hydrogen-bond donors (Lipinski definition) is 1. The zero-order valence-corrected chi connectivity index (χ0v) is 25.0. The molecule has 1 fully saturated rings. The van der Waals surface area contributed by atoms with Gasteiger partial charge in [-0.1, -0.05) is 97.6 Å². The van der Waals surface area contributed by atoms with E-state index in [1.165, 1.54) is 64.2 Å². The maximum atomic E-state index is 10.8. The molecule has 0 radical (unpaired) electrons. The summed E-state index contributed by atoms with van der Waals surface area (Å²) in [6.45, 7) is 18.0. The summed E-state index contributed by atoms with van der Waals surface area (Å²) in [4.78, 5) is 0. The first-order chi connectivity index (χ1) is 15.9. The molecule has 0 spiro atoms. The fourth-order valence-electron chi connectivity index (χ4n) is 4.21. The van der Waals surface area contributed by atoms with Crippen molar-refractivity contribution in [3.63, 3.8) is 0 Å². The molecule has 0 aliphatic carbocycles. The van der Waals surface area contributed by atoms with E-state index >= 15 is 0 Å². The monoisotopic (exact) mass is 498 g/mol. The molecule has 0 saturated carbocycles. The van der Waals surface area contributed by atoms with Crippen LogP contribution >= 0.6 is 0 Å². The minimum absolute atomic E-state index is 0.111. The van der Waals surface area contributed by atoms with E-state index in [9.17, 15) is 5.11 Å². The van der Waals surface area contributed by atoms with Crippen molar-refractivity contribution in [1.82, 2.24) is 0 Å². The van der Waals surface area contributed by atoms with Crippen LogP contribution in [0.4, 0.5) is 0 Å². The molecule has 1 saturated heterocycles. The number of aliphatic hydroxyl groups is 1. The third kappa shape index (κ3) is 13.2. The summed E-state index contributed by atoms with van der Waals surface area (Å²) >= 11 is 0. The summed E-state index contributed by atoms with van der Waals surface area (Å²) in [6, 6.07) is 0. The van der Waals surface area contributed by atoms with Crippen LogP contribution < -0.4 is 0 Å². The van der Waals surface area contributed by atoms with Crippen molar-refractivity contribution in [2.45, 2.75) is 167 Å². The lowest BCUT2D eigenvalue weighted by molar-refractivity contribution is -0.151. The summed E-state index contributed by atoms with van der Waals surface area (Å²) in [6.07, 6.45) is 19.7. The third-order valence-electron chi connectivity index (χ3n) is 7.50. The second-order valence-corrected chi connectivity index (χ2v) is 17.1. The van der Waals surface area contributed by atoms with Crippen LogP contribution in [0.5, 0.6) is 0 Å². The Bertz CT molecular complexity index is 553. The number of unbranched alkanes of at least 4 members (excludes halogenated alkanes) is 10. The van der Waals surface area contributed by atoms with Crippen LogP contribution in [0.25, 0.3) is 0 Å². The third-order valence-corrected chi connectivity index (χ3v) is 12.0. The van der Waals surface area contributed by atoms with E-state index in [-0.39, 0.29) is 17.2 Å². The second-order valence-electron chi connectivity index (χ2n) is 12.4. The average molecular weight is 499 g/mol. The number of hydrogen-bond acceptors (Lipinski definition) is 4. The van der Waals surface area contributed by atoms with Crippen LogP contribution in [-0.2, 0) is 13.9 Å². The van der Waals surface area contributed by atoms with E-state index in [1.54, 1.807) is 0 Å². The van der Waals surface area contributed by atoms with Crippen molar-refractivity contribution in [2.24, 2.45) is 0 Å². The number of rotatable bonds is 18. The van der Waals surface area contributed by atoms with Crippen LogP contribution in [0.3, 0.4) is 0 Å². The van der Waals surface area contributed by atoms with Crippen molar-refractivity contribution in [2.75, 3.05) is 6.61 Å². The van der Waals surface area contributed by atoms with Gasteiger partial charge < -0.3 is 19.0 Å². The van der Waals surface area contributed by atoms with Gasteiger partial charge in [0.2, 0.25) is 0 Å². The standard InChI is InChI=1S/C29H58O4Si/c1-9-10-11-12-13-14-15-16-17-18-19-20-21-22-25(30)23-26(27-24-31-29(5,6)32-27)33-34(7,8)28(2,3)4/h20-21,25-27,30H,9-19,22-24H2,1-8H3/b21-20+/t25-,26+,27-/m1/s1. The highest BCUT2D eigenvalue weighted by molar-refractivity contribution is 6.74. The topological polar surface area (TPSA) is 47.9 Å². The number of ether oxygens (including phenoxy) is 2. The van der Waals surface area contributed by atoms with Gasteiger partial charge in [0.05, 0.1) is 18.8 Å². The molecule has 0 aromatic rings. The normalized spacial score (nSPS) is 20.8. The first-order valence-electron chi connectivity index (χ1n) is 14.2. The Labute approximate surface area is 213 Å². The lowest BCUT2D eigenvalue weighted by atomic mass is 10.0. The molecule has 1 aliphatic rings. The largest absolute Gasteiger partial charge is 0.411 e. The highest BCUT2D eigenvalue weighted by atomic mass is 28.4. The predicted molar refractivity (Wildman–Crippen MR) is 148 cm³/mol. The molecule has 0 bridgehead atoms. The molecule has 5 heteroatoms. The molecule has 1 rings (SSSR count). The van der Waals surface area contributed by atoms with Gasteiger partial charge >= 0.3 is 0 Å². The maximum absolute atomic E-state index is 10.8. The zero-order valence-electron chi connectivity index (χ0n) is 24.0. The summed E-state index contributed by atoms with van der Waals surface area (Å²) in [5.41, 5.74) is 0. The lowest BCUT2D eigenvalue weighted by Crippen LogP contribution is -2.48. The van der Waals surface area contributed by atoms with Gasteiger partial charge in [-0.3, -0.25) is 0 Å². The van der Waals surface area contributed by atoms with Gasteiger partial charge in [-0.2, -0.15) is 0 Å². The van der Waals surface area contributed by atoms with E-state index in [0.717, 1.165) is 6.42 Å². The van der Waals surface area contributed by atoms with Crippen LogP contribution in [0.15, 0.2) is 12.2 Å². The van der Waals surface area contributed by atoms with Gasteiger partial charge in [-0.25, -0.2) is 0 Å². The molecule has 1 aliphatic heterocycles. The van der Waals surface area contributed by atoms with Gasteiger partial charge in [0, 0.05) is 6.42 Å². The SMILES string of the molecule is CCCCCCCCCCCC/C=C/C[C@@H](O)C[C@H](O[Si](C)(C)C(C)(C)C)[C@H]1COC(C)(C)O1. The minimum atomic E-state index is -1.99. The Morgan fingerprint density at radius 1 is 0.971 bits per heavy atom. The van der Waals surface area contributed by atoms with Gasteiger partial charge in [0.25, 0.3) is 0 Å². The van der Waals surface area contributed by atoms with Gasteiger partial charge in [-0.15, -0.1) is 0 Å². The Hall–Kier alpha value is -0.203. The molecule has 202 valence electrons. The molecular formula is C29H58O4Si. The van der Waals surface area contributed by atoms with Gasteiger partial charge in [0.1, 0.15) is 6.10 Å². The highest BCUT2D eigenvalue weighted by Gasteiger charge is 2.44. The van der Waals surface area contributed by atoms with E-state index in [4.69, 9.17) is 13.9 Å². The van der Waals surface area contributed by atoms with Crippen LogP contribution in [0.1, 0.15) is 125 Å². The number of aliphatic hydroxyl groups excluding tert-OH is 1. The smallest absolute Gasteiger partial charge is 0.192 e. The van der Waals surface area contributed by atoms with Crippen molar-refractivity contribution in [3.8, 4) is 0 Å². The maximum Gasteiger partial charge on any atom is 0.192 e. The molecule has 34 heavy (non-hydrogen) atoms. The fraction of sp³-hybridized carbons (Fsp3) is 0.931. The molecule has 0 amide bonds. The van der Waals surface area contributed by atoms with Crippen LogP contribution in [0.2, 0.25) is 18.1 Å². The van der Waals surface area contributed by atoms with Crippen LogP contribution in [-0.4, -0.2) is 44.1 Å². The highest BCUT2D eigenvalue weighted by Crippen LogP contribution is 2.39. The zero-order chi connectivity index (χ0) is 25.7. The summed E-state index contributed by atoms with van der Waals surface area (Å²) < 4.78 is 18.7. The Balaban J connectivity index is 2.34. The molecule has 0 aromatic heterocycles. The fourth-order valence-corrected chi connectivity index (χ4v) is 5.57. The molecule has 1 N–H and O–H groups in total. The number of allylic oxidation sites excluding steroid dienone is 1. The molecule has 1 heterocycles. The molecule has 4 nitrogen and oxygen atoms in total. The van der Waals surface area contributed by atoms with Crippen molar-refractivity contribution < 1.29 is 19.0 Å². The first kappa shape index (κ1) is 31.8. The van der Waals surface area contributed by atoms with Crippen molar-refractivity contribution in [1.29, 1.82) is 0 Å². The van der Waals surface area contributed by atoms with E-state index in [2.05, 4.69) is 52.9 Å². The predicted octanol–water partition coefficient (Wildman–Crippen LogP) is 8.54. The first-order valence-corrected chi connectivity index (χ1v) is 17.1. The van der Waals surface area contributed by atoms with Crippen LogP contribution in [0, 0.1) is 0 Å². The van der Waals surface area contributed by atoms with Crippen molar-refractivity contribution in [3.05, 3.63) is 12.2 Å².